The number of amides is 1. The van der Waals surface area contributed by atoms with Gasteiger partial charge < -0.3 is 14.8 Å². The summed E-state index contributed by atoms with van der Waals surface area (Å²) in [5.41, 5.74) is 3.88. The van der Waals surface area contributed by atoms with E-state index in [1.54, 1.807) is 0 Å². The van der Waals surface area contributed by atoms with Gasteiger partial charge in [-0.05, 0) is 60.9 Å². The van der Waals surface area contributed by atoms with E-state index in [0.29, 0.717) is 12.3 Å². The Morgan fingerprint density at radius 1 is 0.963 bits per heavy atom. The maximum atomic E-state index is 11.7. The van der Waals surface area contributed by atoms with Crippen molar-refractivity contribution in [2.24, 2.45) is 0 Å². The minimum atomic E-state index is -0.546. The second kappa shape index (κ2) is 9.76. The van der Waals surface area contributed by atoms with Crippen LogP contribution in [0.3, 0.4) is 0 Å². The Morgan fingerprint density at radius 2 is 1.78 bits per heavy atom. The summed E-state index contributed by atoms with van der Waals surface area (Å²) in [5.74, 6) is -0.179. The van der Waals surface area contributed by atoms with Crippen molar-refractivity contribution >= 4 is 11.9 Å². The number of fused-ring (bicyclic) bond motifs is 1. The van der Waals surface area contributed by atoms with Crippen LogP contribution in [0.2, 0.25) is 0 Å². The monoisotopic (exact) mass is 367 g/mol. The predicted molar refractivity (Wildman–Crippen MR) is 103 cm³/mol. The van der Waals surface area contributed by atoms with Crippen LogP contribution >= 0.6 is 0 Å². The van der Waals surface area contributed by atoms with Crippen molar-refractivity contribution in [2.75, 3.05) is 19.8 Å². The second-order valence-corrected chi connectivity index (χ2v) is 6.67. The third kappa shape index (κ3) is 6.13. The van der Waals surface area contributed by atoms with E-state index in [4.69, 9.17) is 9.47 Å². The van der Waals surface area contributed by atoms with Gasteiger partial charge in [0.15, 0.2) is 13.2 Å². The Kier molecular flexibility index (Phi) is 6.85. The van der Waals surface area contributed by atoms with Crippen LogP contribution in [0.15, 0.2) is 48.5 Å². The van der Waals surface area contributed by atoms with Gasteiger partial charge in [-0.3, -0.25) is 4.79 Å². The normalized spacial score (nSPS) is 12.3. The fourth-order valence-electron chi connectivity index (χ4n) is 3.18. The Balaban J connectivity index is 1.28. The molecule has 0 radical (unpaired) electrons. The van der Waals surface area contributed by atoms with Crippen molar-refractivity contribution in [3.05, 3.63) is 65.2 Å². The molecule has 1 aliphatic rings. The molecule has 0 atom stereocenters. The lowest BCUT2D eigenvalue weighted by Crippen LogP contribution is -2.30. The van der Waals surface area contributed by atoms with Gasteiger partial charge >= 0.3 is 5.97 Å². The number of hydrogen-bond acceptors (Lipinski definition) is 4. The van der Waals surface area contributed by atoms with Gasteiger partial charge in [0, 0.05) is 6.54 Å². The van der Waals surface area contributed by atoms with E-state index >= 15 is 0 Å². The molecule has 0 aliphatic heterocycles. The molecule has 0 saturated carbocycles. The zero-order valence-electron chi connectivity index (χ0n) is 15.4. The average Bonchev–Trinajstić information content (AvgIpc) is 3.17. The molecule has 3 rings (SSSR count). The van der Waals surface area contributed by atoms with Crippen LogP contribution in [-0.4, -0.2) is 31.6 Å². The van der Waals surface area contributed by atoms with Gasteiger partial charge in [0.1, 0.15) is 5.75 Å². The molecule has 142 valence electrons. The number of rotatable bonds is 9. The zero-order chi connectivity index (χ0) is 18.9. The second-order valence-electron chi connectivity index (χ2n) is 6.67. The standard InChI is InChI=1S/C22H25NO4/c24-21(23-13-5-8-17-6-2-1-3-7-17)15-27-22(25)16-26-20-12-11-18-9-4-10-19(18)14-20/h1-3,6-7,11-12,14H,4-5,8-10,13,15-16H2,(H,23,24). The highest BCUT2D eigenvalue weighted by molar-refractivity contribution is 5.80. The number of aryl methyl sites for hydroxylation is 3. The van der Waals surface area contributed by atoms with E-state index in [-0.39, 0.29) is 19.1 Å². The zero-order valence-corrected chi connectivity index (χ0v) is 15.4. The Labute approximate surface area is 159 Å². The van der Waals surface area contributed by atoms with Crippen LogP contribution in [0.1, 0.15) is 29.5 Å². The number of benzene rings is 2. The van der Waals surface area contributed by atoms with Crippen molar-refractivity contribution in [1.82, 2.24) is 5.32 Å². The first kappa shape index (κ1) is 19.0. The van der Waals surface area contributed by atoms with Crippen molar-refractivity contribution in [1.29, 1.82) is 0 Å². The van der Waals surface area contributed by atoms with Crippen molar-refractivity contribution in [2.45, 2.75) is 32.1 Å². The van der Waals surface area contributed by atoms with Crippen molar-refractivity contribution < 1.29 is 19.1 Å². The van der Waals surface area contributed by atoms with Crippen LogP contribution in [0.5, 0.6) is 5.75 Å². The molecule has 27 heavy (non-hydrogen) atoms. The Bertz CT molecular complexity index is 773. The van der Waals surface area contributed by atoms with E-state index < -0.39 is 5.97 Å². The van der Waals surface area contributed by atoms with Crippen LogP contribution in [0, 0.1) is 0 Å². The van der Waals surface area contributed by atoms with Gasteiger partial charge in [-0.1, -0.05) is 36.4 Å². The smallest absolute Gasteiger partial charge is 0.344 e. The SMILES string of the molecule is O=C(COC(=O)COc1ccc2c(c1)CCC2)NCCCc1ccccc1. The first-order valence-corrected chi connectivity index (χ1v) is 9.41. The molecule has 2 aromatic rings. The summed E-state index contributed by atoms with van der Waals surface area (Å²) in [4.78, 5) is 23.5. The van der Waals surface area contributed by atoms with Gasteiger partial charge in [-0.25, -0.2) is 4.79 Å². The Hall–Kier alpha value is -2.82. The van der Waals surface area contributed by atoms with E-state index in [9.17, 15) is 9.59 Å². The average molecular weight is 367 g/mol. The summed E-state index contributed by atoms with van der Waals surface area (Å²) >= 11 is 0. The molecule has 5 nitrogen and oxygen atoms in total. The third-order valence-electron chi connectivity index (χ3n) is 4.60. The molecular weight excluding hydrogens is 342 g/mol. The summed E-state index contributed by atoms with van der Waals surface area (Å²) in [6, 6.07) is 16.0. The van der Waals surface area contributed by atoms with E-state index in [2.05, 4.69) is 17.4 Å². The molecule has 0 saturated heterocycles. The summed E-state index contributed by atoms with van der Waals surface area (Å²) < 4.78 is 10.4. The minimum Gasteiger partial charge on any atom is -0.482 e. The summed E-state index contributed by atoms with van der Waals surface area (Å²) in [7, 11) is 0. The van der Waals surface area contributed by atoms with Gasteiger partial charge in [-0.15, -0.1) is 0 Å². The largest absolute Gasteiger partial charge is 0.482 e. The molecule has 1 amide bonds. The highest BCUT2D eigenvalue weighted by Crippen LogP contribution is 2.25. The van der Waals surface area contributed by atoms with Crippen LogP contribution < -0.4 is 10.1 Å². The molecule has 5 heteroatoms. The number of esters is 1. The van der Waals surface area contributed by atoms with Crippen molar-refractivity contribution in [3.8, 4) is 5.75 Å². The predicted octanol–water partition coefficient (Wildman–Crippen LogP) is 2.85. The molecule has 1 N–H and O–H groups in total. The maximum absolute atomic E-state index is 11.7. The molecule has 1 aliphatic carbocycles. The molecular formula is C22H25NO4. The first-order valence-electron chi connectivity index (χ1n) is 9.41. The Morgan fingerprint density at radius 3 is 2.63 bits per heavy atom. The topological polar surface area (TPSA) is 64.6 Å². The number of hydrogen-bond donors (Lipinski definition) is 1. The van der Waals surface area contributed by atoms with Gasteiger partial charge in [-0.2, -0.15) is 0 Å². The summed E-state index contributed by atoms with van der Waals surface area (Å²) in [6.07, 6.45) is 5.07. The lowest BCUT2D eigenvalue weighted by molar-refractivity contribution is -0.150. The molecule has 0 aromatic heterocycles. The molecule has 0 heterocycles. The number of ether oxygens (including phenoxy) is 2. The van der Waals surface area contributed by atoms with Gasteiger partial charge in [0.2, 0.25) is 0 Å². The quantitative estimate of drug-likeness (QED) is 0.547. The molecule has 0 bridgehead atoms. The fourth-order valence-corrected chi connectivity index (χ4v) is 3.18. The van der Waals surface area contributed by atoms with E-state index in [1.807, 2.05) is 36.4 Å². The summed E-state index contributed by atoms with van der Waals surface area (Å²) in [5, 5.41) is 2.75. The lowest BCUT2D eigenvalue weighted by atomic mass is 10.1. The van der Waals surface area contributed by atoms with Crippen LogP contribution in [-0.2, 0) is 33.6 Å². The molecule has 2 aromatic carbocycles. The van der Waals surface area contributed by atoms with Crippen molar-refractivity contribution in [3.63, 3.8) is 0 Å². The molecule has 0 fully saturated rings. The molecule has 0 unspecified atom stereocenters. The summed E-state index contributed by atoms with van der Waals surface area (Å²) in [6.45, 7) is 0.0781. The number of carbonyl (C=O) groups is 2. The lowest BCUT2D eigenvalue weighted by Gasteiger charge is -2.09. The number of nitrogens with one attached hydrogen (secondary N) is 1. The minimum absolute atomic E-state index is 0.194. The van der Waals surface area contributed by atoms with E-state index in [0.717, 1.165) is 25.7 Å². The van der Waals surface area contributed by atoms with Crippen LogP contribution in [0.4, 0.5) is 0 Å². The third-order valence-corrected chi connectivity index (χ3v) is 4.60. The first-order chi connectivity index (χ1) is 13.2. The highest BCUT2D eigenvalue weighted by atomic mass is 16.6. The highest BCUT2D eigenvalue weighted by Gasteiger charge is 2.12. The van der Waals surface area contributed by atoms with Gasteiger partial charge in [0.25, 0.3) is 5.91 Å². The molecule has 0 spiro atoms. The van der Waals surface area contributed by atoms with Gasteiger partial charge in [0.05, 0.1) is 0 Å². The number of carbonyl (C=O) groups excluding carboxylic acids is 2. The fraction of sp³-hybridized carbons (Fsp3) is 0.364. The maximum Gasteiger partial charge on any atom is 0.344 e. The van der Waals surface area contributed by atoms with E-state index in [1.165, 1.54) is 23.1 Å². The van der Waals surface area contributed by atoms with Crippen LogP contribution in [0.25, 0.3) is 0 Å².